The largest absolute Gasteiger partial charge is 0.356 e. The quantitative estimate of drug-likeness (QED) is 0.700. The summed E-state index contributed by atoms with van der Waals surface area (Å²) < 4.78 is 13.6. The van der Waals surface area contributed by atoms with Crippen molar-refractivity contribution in [2.75, 3.05) is 6.54 Å². The molecule has 0 unspecified atom stereocenters. The molecular weight excluding hydrogens is 343 g/mol. The van der Waals surface area contributed by atoms with Crippen molar-refractivity contribution in [2.45, 2.75) is 33.1 Å². The predicted molar refractivity (Wildman–Crippen MR) is 105 cm³/mol. The van der Waals surface area contributed by atoms with E-state index in [1.807, 2.05) is 32.0 Å². The van der Waals surface area contributed by atoms with Crippen LogP contribution in [0.25, 0.3) is 10.9 Å². The molecule has 0 saturated heterocycles. The van der Waals surface area contributed by atoms with E-state index in [0.29, 0.717) is 30.5 Å². The van der Waals surface area contributed by atoms with Crippen molar-refractivity contribution in [2.24, 2.45) is 0 Å². The molecule has 4 nitrogen and oxygen atoms in total. The fourth-order valence-corrected chi connectivity index (χ4v) is 3.29. The van der Waals surface area contributed by atoms with Gasteiger partial charge >= 0.3 is 0 Å². The van der Waals surface area contributed by atoms with Gasteiger partial charge < -0.3 is 10.3 Å². The molecule has 1 aromatic heterocycles. The number of carbonyl (C=O) groups excluding carboxylic acids is 1. The van der Waals surface area contributed by atoms with E-state index in [1.165, 1.54) is 6.07 Å². The van der Waals surface area contributed by atoms with Gasteiger partial charge in [0.2, 0.25) is 5.91 Å². The van der Waals surface area contributed by atoms with Gasteiger partial charge in [0.1, 0.15) is 5.82 Å². The maximum absolute atomic E-state index is 13.6. The zero-order valence-electron chi connectivity index (χ0n) is 15.6. The van der Waals surface area contributed by atoms with Crippen LogP contribution in [0.5, 0.6) is 0 Å². The summed E-state index contributed by atoms with van der Waals surface area (Å²) in [5.41, 5.74) is 4.01. The minimum Gasteiger partial charge on any atom is -0.356 e. The number of hydrogen-bond donors (Lipinski definition) is 2. The molecule has 0 bridgehead atoms. The van der Waals surface area contributed by atoms with Gasteiger partial charge in [0, 0.05) is 18.5 Å². The minimum absolute atomic E-state index is 0.147. The topological polar surface area (TPSA) is 62.0 Å². The van der Waals surface area contributed by atoms with Crippen molar-refractivity contribution in [1.29, 1.82) is 0 Å². The number of aromatic nitrogens is 1. The third kappa shape index (κ3) is 4.61. The Morgan fingerprint density at radius 1 is 1.07 bits per heavy atom. The van der Waals surface area contributed by atoms with E-state index in [-0.39, 0.29) is 23.7 Å². The molecule has 0 aliphatic rings. The Kier molecular flexibility index (Phi) is 5.69. The number of fused-ring (bicyclic) bond motifs is 1. The van der Waals surface area contributed by atoms with Gasteiger partial charge in [-0.3, -0.25) is 9.59 Å². The van der Waals surface area contributed by atoms with Crippen LogP contribution in [0.15, 0.2) is 47.3 Å². The zero-order valence-corrected chi connectivity index (χ0v) is 15.6. The number of benzene rings is 2. The number of aryl methyl sites for hydroxylation is 3. The van der Waals surface area contributed by atoms with Gasteiger partial charge in [-0.1, -0.05) is 29.8 Å². The highest BCUT2D eigenvalue weighted by atomic mass is 19.1. The lowest BCUT2D eigenvalue weighted by Gasteiger charge is -2.08. The second-order valence-electron chi connectivity index (χ2n) is 6.86. The van der Waals surface area contributed by atoms with Crippen molar-refractivity contribution >= 4 is 16.8 Å². The van der Waals surface area contributed by atoms with E-state index in [9.17, 15) is 14.0 Å². The van der Waals surface area contributed by atoms with E-state index in [2.05, 4.69) is 10.3 Å². The van der Waals surface area contributed by atoms with Crippen LogP contribution in [0.1, 0.15) is 28.7 Å². The van der Waals surface area contributed by atoms with E-state index in [0.717, 1.165) is 22.0 Å². The third-order valence-corrected chi connectivity index (χ3v) is 4.67. The number of pyridine rings is 1. The average Bonchev–Trinajstić information content (AvgIpc) is 2.62. The molecular formula is C22H23FN2O2. The second kappa shape index (κ2) is 8.16. The van der Waals surface area contributed by atoms with Gasteiger partial charge in [0.25, 0.3) is 5.56 Å². The predicted octanol–water partition coefficient (Wildman–Crippen LogP) is 3.58. The summed E-state index contributed by atoms with van der Waals surface area (Å²) in [6.45, 7) is 4.35. The Morgan fingerprint density at radius 2 is 1.85 bits per heavy atom. The van der Waals surface area contributed by atoms with Crippen molar-refractivity contribution in [1.82, 2.24) is 10.3 Å². The molecule has 1 heterocycles. The molecule has 0 spiro atoms. The van der Waals surface area contributed by atoms with Crippen LogP contribution in [0.3, 0.4) is 0 Å². The van der Waals surface area contributed by atoms with Crippen LogP contribution in [-0.4, -0.2) is 17.4 Å². The number of hydrogen-bond acceptors (Lipinski definition) is 2. The first-order valence-corrected chi connectivity index (χ1v) is 9.07. The number of rotatable bonds is 6. The van der Waals surface area contributed by atoms with E-state index in [1.54, 1.807) is 18.2 Å². The SMILES string of the molecule is Cc1cc(C)c2[nH]c(=O)c(CCC(=O)NCCc3ccccc3F)cc2c1. The molecule has 0 saturated carbocycles. The molecule has 0 aliphatic heterocycles. The van der Waals surface area contributed by atoms with Gasteiger partial charge in [0.15, 0.2) is 0 Å². The van der Waals surface area contributed by atoms with Crippen molar-refractivity contribution in [3.8, 4) is 0 Å². The summed E-state index contributed by atoms with van der Waals surface area (Å²) in [5, 5.41) is 3.76. The Hall–Kier alpha value is -2.95. The second-order valence-corrected chi connectivity index (χ2v) is 6.86. The van der Waals surface area contributed by atoms with Crippen LogP contribution in [0, 0.1) is 19.7 Å². The average molecular weight is 366 g/mol. The molecule has 0 aliphatic carbocycles. The summed E-state index contributed by atoms with van der Waals surface area (Å²) in [6.07, 6.45) is 1.02. The highest BCUT2D eigenvalue weighted by Gasteiger charge is 2.09. The summed E-state index contributed by atoms with van der Waals surface area (Å²) in [6, 6.07) is 12.4. The van der Waals surface area contributed by atoms with Gasteiger partial charge in [-0.15, -0.1) is 0 Å². The summed E-state index contributed by atoms with van der Waals surface area (Å²) in [4.78, 5) is 27.3. The van der Waals surface area contributed by atoms with E-state index in [4.69, 9.17) is 0 Å². The summed E-state index contributed by atoms with van der Waals surface area (Å²) in [5.74, 6) is -0.411. The van der Waals surface area contributed by atoms with E-state index < -0.39 is 0 Å². The van der Waals surface area contributed by atoms with Crippen LogP contribution in [0.4, 0.5) is 4.39 Å². The molecule has 0 atom stereocenters. The normalized spacial score (nSPS) is 10.9. The monoisotopic (exact) mass is 366 g/mol. The van der Waals surface area contributed by atoms with Crippen LogP contribution < -0.4 is 10.9 Å². The Morgan fingerprint density at radius 3 is 2.63 bits per heavy atom. The molecule has 0 fully saturated rings. The first-order chi connectivity index (χ1) is 12.9. The molecule has 1 amide bonds. The number of aromatic amines is 1. The maximum atomic E-state index is 13.6. The third-order valence-electron chi connectivity index (χ3n) is 4.67. The minimum atomic E-state index is -0.264. The molecule has 2 N–H and O–H groups in total. The maximum Gasteiger partial charge on any atom is 0.251 e. The van der Waals surface area contributed by atoms with Gasteiger partial charge in [-0.05, 0) is 61.4 Å². The Bertz CT molecular complexity index is 1040. The van der Waals surface area contributed by atoms with Crippen molar-refractivity contribution < 1.29 is 9.18 Å². The lowest BCUT2D eigenvalue weighted by Crippen LogP contribution is -2.27. The molecule has 2 aromatic carbocycles. The zero-order chi connectivity index (χ0) is 19.4. The van der Waals surface area contributed by atoms with Gasteiger partial charge in [0.05, 0.1) is 5.52 Å². The van der Waals surface area contributed by atoms with Crippen LogP contribution in [-0.2, 0) is 17.6 Å². The lowest BCUT2D eigenvalue weighted by atomic mass is 10.0. The number of nitrogens with one attached hydrogen (secondary N) is 2. The van der Waals surface area contributed by atoms with Gasteiger partial charge in [-0.25, -0.2) is 4.39 Å². The van der Waals surface area contributed by atoms with Crippen molar-refractivity contribution in [3.05, 3.63) is 80.9 Å². The molecule has 0 radical (unpaired) electrons. The fraction of sp³-hybridized carbons (Fsp3) is 0.273. The Labute approximate surface area is 157 Å². The number of halogens is 1. The lowest BCUT2D eigenvalue weighted by molar-refractivity contribution is -0.121. The number of H-pyrrole nitrogens is 1. The van der Waals surface area contributed by atoms with Gasteiger partial charge in [-0.2, -0.15) is 0 Å². The number of amides is 1. The summed E-state index contributed by atoms with van der Waals surface area (Å²) in [7, 11) is 0. The van der Waals surface area contributed by atoms with Crippen LogP contribution >= 0.6 is 0 Å². The molecule has 140 valence electrons. The van der Waals surface area contributed by atoms with Crippen LogP contribution in [0.2, 0.25) is 0 Å². The Balaban J connectivity index is 1.59. The number of carbonyl (C=O) groups is 1. The standard InChI is InChI=1S/C22H23FN2O2/c1-14-11-15(2)21-18(12-14)13-17(22(27)25-21)7-8-20(26)24-10-9-16-5-3-4-6-19(16)23/h3-6,11-13H,7-10H2,1-2H3,(H,24,26)(H,25,27). The first-order valence-electron chi connectivity index (χ1n) is 9.07. The highest BCUT2D eigenvalue weighted by Crippen LogP contribution is 2.18. The smallest absolute Gasteiger partial charge is 0.251 e. The fourth-order valence-electron chi connectivity index (χ4n) is 3.29. The molecule has 3 aromatic rings. The molecule has 3 rings (SSSR count). The van der Waals surface area contributed by atoms with E-state index >= 15 is 0 Å². The molecule has 27 heavy (non-hydrogen) atoms. The summed E-state index contributed by atoms with van der Waals surface area (Å²) >= 11 is 0. The van der Waals surface area contributed by atoms with Crippen molar-refractivity contribution in [3.63, 3.8) is 0 Å². The first kappa shape index (κ1) is 18.8. The highest BCUT2D eigenvalue weighted by molar-refractivity contribution is 5.83. The molecule has 5 heteroatoms.